The fraction of sp³-hybridized carbons (Fsp3) is 0.412. The van der Waals surface area contributed by atoms with Gasteiger partial charge in [0.15, 0.2) is 0 Å². The van der Waals surface area contributed by atoms with Crippen molar-refractivity contribution in [3.05, 3.63) is 52.2 Å². The Labute approximate surface area is 171 Å². The van der Waals surface area contributed by atoms with Crippen molar-refractivity contribution in [2.45, 2.75) is 18.9 Å². The van der Waals surface area contributed by atoms with Gasteiger partial charge in [0.05, 0.1) is 18.4 Å². The number of alkyl halides is 6. The second-order valence-electron chi connectivity index (χ2n) is 6.30. The third-order valence-electron chi connectivity index (χ3n) is 4.03. The van der Waals surface area contributed by atoms with Crippen molar-refractivity contribution in [1.29, 1.82) is 0 Å². The Morgan fingerprint density at radius 3 is 2.16 bits per heavy atom. The van der Waals surface area contributed by atoms with Crippen LogP contribution in [0.25, 0.3) is 0 Å². The molecule has 1 aliphatic rings. The zero-order valence-corrected chi connectivity index (χ0v) is 15.7. The van der Waals surface area contributed by atoms with E-state index in [0.29, 0.717) is 5.56 Å². The van der Waals surface area contributed by atoms with Crippen LogP contribution < -0.4 is 15.8 Å². The average molecular weight is 453 g/mol. The number of aromatic nitrogens is 3. The molecule has 1 fully saturated rings. The van der Waals surface area contributed by atoms with Crippen molar-refractivity contribution in [3.63, 3.8) is 0 Å². The zero-order chi connectivity index (χ0) is 23.2. The molecule has 0 bridgehead atoms. The molecule has 2 aromatic heterocycles. The Balaban J connectivity index is 0.000000423. The summed E-state index contributed by atoms with van der Waals surface area (Å²) in [6.07, 6.45) is -6.84. The summed E-state index contributed by atoms with van der Waals surface area (Å²) < 4.78 is 70.4. The lowest BCUT2D eigenvalue weighted by atomic mass is 10.2. The fourth-order valence-corrected chi connectivity index (χ4v) is 2.50. The minimum atomic E-state index is -5.08. The van der Waals surface area contributed by atoms with Gasteiger partial charge < -0.3 is 15.3 Å². The number of carboxylic acid groups (broad SMARTS) is 1. The van der Waals surface area contributed by atoms with Crippen LogP contribution in [0, 0.1) is 0 Å². The van der Waals surface area contributed by atoms with E-state index in [9.17, 15) is 31.1 Å². The van der Waals surface area contributed by atoms with Gasteiger partial charge in [-0.3, -0.25) is 9.78 Å². The first-order valence-corrected chi connectivity index (χ1v) is 8.73. The Bertz CT molecular complexity index is 937. The van der Waals surface area contributed by atoms with Gasteiger partial charge in [-0.25, -0.2) is 9.48 Å². The molecular weight excluding hydrogens is 436 g/mol. The molecular formula is C17H17F6N5O3. The van der Waals surface area contributed by atoms with E-state index >= 15 is 0 Å². The molecule has 1 saturated heterocycles. The summed E-state index contributed by atoms with van der Waals surface area (Å²) in [5, 5.41) is 14.5. The number of halogens is 6. The second-order valence-corrected chi connectivity index (χ2v) is 6.30. The van der Waals surface area contributed by atoms with Crippen LogP contribution in [0.1, 0.15) is 11.3 Å². The van der Waals surface area contributed by atoms with E-state index in [1.54, 1.807) is 6.20 Å². The minimum Gasteiger partial charge on any atom is -0.475 e. The summed E-state index contributed by atoms with van der Waals surface area (Å²) in [6.45, 7) is 3.37. The number of nitrogens with zero attached hydrogens (tertiary/aromatic N) is 4. The van der Waals surface area contributed by atoms with Crippen LogP contribution in [-0.4, -0.2) is 58.2 Å². The van der Waals surface area contributed by atoms with E-state index in [1.807, 2.05) is 0 Å². The minimum absolute atomic E-state index is 0.0752. The molecule has 2 aromatic rings. The number of piperazine rings is 1. The highest BCUT2D eigenvalue weighted by molar-refractivity contribution is 5.73. The first-order valence-electron chi connectivity index (χ1n) is 8.73. The summed E-state index contributed by atoms with van der Waals surface area (Å²) >= 11 is 0. The van der Waals surface area contributed by atoms with Gasteiger partial charge in [0.25, 0.3) is 5.56 Å². The first kappa shape index (κ1) is 24.1. The summed E-state index contributed by atoms with van der Waals surface area (Å²) in [5.41, 5.74) is -0.0256. The van der Waals surface area contributed by atoms with Crippen molar-refractivity contribution in [3.8, 4) is 0 Å². The van der Waals surface area contributed by atoms with Gasteiger partial charge in [-0.05, 0) is 11.6 Å². The Hall–Kier alpha value is -3.16. The number of hydrogen-bond donors (Lipinski definition) is 2. The fourth-order valence-electron chi connectivity index (χ4n) is 2.50. The summed E-state index contributed by atoms with van der Waals surface area (Å²) in [4.78, 5) is 26.5. The van der Waals surface area contributed by atoms with Crippen LogP contribution >= 0.6 is 0 Å². The quantitative estimate of drug-likeness (QED) is 0.683. The van der Waals surface area contributed by atoms with Crippen LogP contribution in [0.3, 0.4) is 0 Å². The predicted octanol–water partition coefficient (Wildman–Crippen LogP) is 1.75. The molecule has 170 valence electrons. The van der Waals surface area contributed by atoms with E-state index in [-0.39, 0.29) is 12.1 Å². The number of carboxylic acids is 1. The van der Waals surface area contributed by atoms with E-state index in [4.69, 9.17) is 9.90 Å². The predicted molar refractivity (Wildman–Crippen MR) is 95.6 cm³/mol. The van der Waals surface area contributed by atoms with Crippen molar-refractivity contribution in [1.82, 2.24) is 20.1 Å². The van der Waals surface area contributed by atoms with Crippen molar-refractivity contribution >= 4 is 11.7 Å². The van der Waals surface area contributed by atoms with Gasteiger partial charge in [-0.15, -0.1) is 0 Å². The third-order valence-corrected chi connectivity index (χ3v) is 4.03. The largest absolute Gasteiger partial charge is 0.490 e. The number of hydrogen-bond acceptors (Lipinski definition) is 6. The number of rotatable bonds is 3. The van der Waals surface area contributed by atoms with Crippen molar-refractivity contribution in [2.75, 3.05) is 31.1 Å². The van der Waals surface area contributed by atoms with Gasteiger partial charge in [-0.1, -0.05) is 6.07 Å². The van der Waals surface area contributed by atoms with Crippen LogP contribution in [-0.2, 0) is 17.5 Å². The second kappa shape index (κ2) is 9.76. The Kier molecular flexibility index (Phi) is 7.60. The highest BCUT2D eigenvalue weighted by Gasteiger charge is 2.38. The Morgan fingerprint density at radius 1 is 1.10 bits per heavy atom. The highest BCUT2D eigenvalue weighted by Crippen LogP contribution is 2.27. The van der Waals surface area contributed by atoms with Crippen LogP contribution in [0.5, 0.6) is 0 Å². The van der Waals surface area contributed by atoms with Gasteiger partial charge in [0, 0.05) is 38.4 Å². The molecule has 3 heterocycles. The summed E-state index contributed by atoms with van der Waals surface area (Å²) in [5.74, 6) is -2.76. The summed E-state index contributed by atoms with van der Waals surface area (Å²) in [6, 6.07) is 3.69. The molecule has 0 unspecified atom stereocenters. The lowest BCUT2D eigenvalue weighted by Gasteiger charge is -2.28. The van der Waals surface area contributed by atoms with E-state index in [1.165, 1.54) is 16.8 Å². The molecule has 0 aromatic carbocycles. The van der Waals surface area contributed by atoms with Crippen LogP contribution in [0.15, 0.2) is 35.4 Å². The average Bonchev–Trinajstić information content (AvgIpc) is 2.70. The Morgan fingerprint density at radius 2 is 1.71 bits per heavy atom. The molecule has 0 atom stereocenters. The maximum atomic E-state index is 12.5. The molecule has 31 heavy (non-hydrogen) atoms. The normalized spacial score (nSPS) is 14.6. The number of nitrogens with one attached hydrogen (secondary N) is 1. The van der Waals surface area contributed by atoms with E-state index in [0.717, 1.165) is 44.1 Å². The van der Waals surface area contributed by atoms with Gasteiger partial charge >= 0.3 is 18.3 Å². The highest BCUT2D eigenvalue weighted by atomic mass is 19.4. The molecule has 3 rings (SSSR count). The maximum Gasteiger partial charge on any atom is 0.490 e. The molecule has 8 nitrogen and oxygen atoms in total. The first-order chi connectivity index (χ1) is 14.4. The van der Waals surface area contributed by atoms with Gasteiger partial charge in [-0.2, -0.15) is 31.4 Å². The summed E-state index contributed by atoms with van der Waals surface area (Å²) in [7, 11) is 0. The SMILES string of the molecule is O=C(O)C(F)(F)F.O=c1cc(N2CCNCC2)cnn1Cc1ccc(C(F)(F)F)nc1. The van der Waals surface area contributed by atoms with E-state index in [2.05, 4.69) is 20.3 Å². The lowest BCUT2D eigenvalue weighted by Crippen LogP contribution is -2.44. The molecule has 2 N–H and O–H groups in total. The smallest absolute Gasteiger partial charge is 0.475 e. The number of carbonyl (C=O) groups is 1. The van der Waals surface area contributed by atoms with Gasteiger partial charge in [0.1, 0.15) is 5.69 Å². The molecule has 0 saturated carbocycles. The third kappa shape index (κ3) is 7.24. The van der Waals surface area contributed by atoms with E-state index < -0.39 is 24.0 Å². The number of aliphatic carboxylic acids is 1. The van der Waals surface area contributed by atoms with Gasteiger partial charge in [0.2, 0.25) is 0 Å². The number of pyridine rings is 1. The molecule has 0 radical (unpaired) electrons. The molecule has 0 spiro atoms. The topological polar surface area (TPSA) is 100 Å². The maximum absolute atomic E-state index is 12.5. The standard InChI is InChI=1S/C15H16F3N5O.C2HF3O2/c16-15(17,18)13-2-1-11(8-20-13)10-23-14(24)7-12(9-21-23)22-5-3-19-4-6-22;3-2(4,5)1(6)7/h1-2,7-9,19H,3-6,10H2;(H,6,7). The number of anilines is 1. The lowest BCUT2D eigenvalue weighted by molar-refractivity contribution is -0.192. The molecule has 14 heteroatoms. The molecule has 1 aliphatic heterocycles. The monoisotopic (exact) mass is 453 g/mol. The molecule has 0 amide bonds. The van der Waals surface area contributed by atoms with Crippen LogP contribution in [0.2, 0.25) is 0 Å². The molecule has 0 aliphatic carbocycles. The zero-order valence-electron chi connectivity index (χ0n) is 15.7. The van der Waals surface area contributed by atoms with Crippen molar-refractivity contribution in [2.24, 2.45) is 0 Å². The van der Waals surface area contributed by atoms with Crippen molar-refractivity contribution < 1.29 is 36.2 Å². The van der Waals surface area contributed by atoms with Crippen LogP contribution in [0.4, 0.5) is 32.0 Å².